The zero-order chi connectivity index (χ0) is 15.0. The van der Waals surface area contributed by atoms with Gasteiger partial charge in [0.1, 0.15) is 0 Å². The average molecular weight is 288 g/mol. The summed E-state index contributed by atoms with van der Waals surface area (Å²) in [5.41, 5.74) is 0.164. The molecule has 0 saturated carbocycles. The fourth-order valence-corrected chi connectivity index (χ4v) is 3.04. The molecule has 1 aliphatic rings. The number of methoxy groups -OCH3 is 2. The second kappa shape index (κ2) is 4.89. The molecule has 6 nitrogen and oxygen atoms in total. The zero-order valence-corrected chi connectivity index (χ0v) is 11.8. The molecule has 2 N–H and O–H groups in total. The molecule has 0 aliphatic carbocycles. The molecule has 110 valence electrons. The molecule has 3 rings (SSSR count). The summed E-state index contributed by atoms with van der Waals surface area (Å²) in [5, 5.41) is 3.66. The van der Waals surface area contributed by atoms with Crippen molar-refractivity contribution in [2.75, 3.05) is 20.8 Å². The van der Waals surface area contributed by atoms with E-state index in [1.54, 1.807) is 0 Å². The van der Waals surface area contributed by atoms with Crippen LogP contribution in [0.3, 0.4) is 0 Å². The molecule has 1 aromatic heterocycles. The van der Waals surface area contributed by atoms with Gasteiger partial charge in [-0.3, -0.25) is 4.79 Å². The van der Waals surface area contributed by atoms with Crippen LogP contribution in [0.5, 0.6) is 0 Å². The van der Waals surface area contributed by atoms with Gasteiger partial charge in [0.05, 0.1) is 13.0 Å². The van der Waals surface area contributed by atoms with Crippen LogP contribution in [-0.2, 0) is 19.1 Å². The zero-order valence-electron chi connectivity index (χ0n) is 11.8. The second-order valence-electron chi connectivity index (χ2n) is 4.98. The largest absolute Gasteiger partial charge is 0.466 e. The molecule has 1 amide bonds. The van der Waals surface area contributed by atoms with Crippen LogP contribution in [0.25, 0.3) is 10.9 Å². The van der Waals surface area contributed by atoms with Crippen LogP contribution in [0.15, 0.2) is 30.5 Å². The first-order valence-electron chi connectivity index (χ1n) is 6.63. The van der Waals surface area contributed by atoms with E-state index in [-0.39, 0.29) is 0 Å². The van der Waals surface area contributed by atoms with E-state index in [9.17, 15) is 9.59 Å². The Labute approximate surface area is 121 Å². The van der Waals surface area contributed by atoms with Crippen LogP contribution in [0, 0.1) is 0 Å². The Balaban J connectivity index is 2.16. The topological polar surface area (TPSA) is 80.4 Å². The lowest BCUT2D eigenvalue weighted by molar-refractivity contribution is -0.171. The molecule has 1 fully saturated rings. The molecule has 6 heteroatoms. The molecular weight excluding hydrogens is 272 g/mol. The minimum Gasteiger partial charge on any atom is -0.466 e. The van der Waals surface area contributed by atoms with Gasteiger partial charge in [-0.25, -0.2) is 4.79 Å². The lowest BCUT2D eigenvalue weighted by atomic mass is 9.84. The van der Waals surface area contributed by atoms with Gasteiger partial charge in [0, 0.05) is 30.8 Å². The quantitative estimate of drug-likeness (QED) is 0.650. The summed E-state index contributed by atoms with van der Waals surface area (Å²) in [6.45, 7) is 0.323. The van der Waals surface area contributed by atoms with E-state index >= 15 is 0 Å². The summed E-state index contributed by atoms with van der Waals surface area (Å²) < 4.78 is 10.2. The predicted octanol–water partition coefficient (Wildman–Crippen LogP) is 0.939. The van der Waals surface area contributed by atoms with E-state index in [0.29, 0.717) is 6.54 Å². The fraction of sp³-hybridized carbons (Fsp3) is 0.333. The minimum absolute atomic E-state index is 0.323. The first-order valence-corrected chi connectivity index (χ1v) is 6.63. The van der Waals surface area contributed by atoms with Crippen molar-refractivity contribution in [1.82, 2.24) is 10.3 Å². The van der Waals surface area contributed by atoms with Gasteiger partial charge in [-0.1, -0.05) is 18.2 Å². The van der Waals surface area contributed by atoms with Crippen molar-refractivity contribution >= 4 is 22.8 Å². The van der Waals surface area contributed by atoms with Crippen molar-refractivity contribution in [1.29, 1.82) is 0 Å². The van der Waals surface area contributed by atoms with Gasteiger partial charge in [-0.05, 0) is 11.6 Å². The Kier molecular flexibility index (Phi) is 3.17. The van der Waals surface area contributed by atoms with Crippen molar-refractivity contribution in [3.8, 4) is 0 Å². The molecule has 0 spiro atoms. The summed E-state index contributed by atoms with van der Waals surface area (Å²) in [6.07, 6.45) is 1.81. The van der Waals surface area contributed by atoms with E-state index < -0.39 is 23.4 Å². The molecule has 2 unspecified atom stereocenters. The van der Waals surface area contributed by atoms with Gasteiger partial charge in [-0.2, -0.15) is 0 Å². The molecule has 0 radical (unpaired) electrons. The second-order valence-corrected chi connectivity index (χ2v) is 4.98. The summed E-state index contributed by atoms with van der Waals surface area (Å²) in [7, 11) is 2.60. The summed E-state index contributed by atoms with van der Waals surface area (Å²) >= 11 is 0. The van der Waals surface area contributed by atoms with Gasteiger partial charge in [0.25, 0.3) is 11.5 Å². The number of fused-ring (bicyclic) bond motifs is 1. The molecule has 1 saturated heterocycles. The number of ether oxygens (including phenoxy) is 2. The monoisotopic (exact) mass is 288 g/mol. The minimum atomic E-state index is -1.64. The van der Waals surface area contributed by atoms with E-state index in [4.69, 9.17) is 9.47 Å². The highest BCUT2D eigenvalue weighted by atomic mass is 16.6. The van der Waals surface area contributed by atoms with Crippen molar-refractivity contribution in [3.05, 3.63) is 36.0 Å². The number of amides is 1. The average Bonchev–Trinajstić information content (AvgIpc) is 3.07. The van der Waals surface area contributed by atoms with Gasteiger partial charge < -0.3 is 19.8 Å². The third-order valence-electron chi connectivity index (χ3n) is 4.10. The number of H-pyrrole nitrogens is 1. The third kappa shape index (κ3) is 1.76. The Morgan fingerprint density at radius 2 is 2.10 bits per heavy atom. The Hall–Kier alpha value is -2.34. The van der Waals surface area contributed by atoms with Gasteiger partial charge >= 0.3 is 5.97 Å². The molecule has 21 heavy (non-hydrogen) atoms. The van der Waals surface area contributed by atoms with Gasteiger partial charge in [0.15, 0.2) is 0 Å². The molecule has 0 bridgehead atoms. The maximum Gasteiger partial charge on any atom is 0.348 e. The highest BCUT2D eigenvalue weighted by Gasteiger charge is 2.59. The smallest absolute Gasteiger partial charge is 0.348 e. The maximum atomic E-state index is 12.2. The van der Waals surface area contributed by atoms with E-state index in [1.165, 1.54) is 14.2 Å². The van der Waals surface area contributed by atoms with Crippen LogP contribution in [0.4, 0.5) is 0 Å². The number of para-hydroxylation sites is 1. The summed E-state index contributed by atoms with van der Waals surface area (Å²) in [6, 6.07) is 7.72. The van der Waals surface area contributed by atoms with Crippen LogP contribution >= 0.6 is 0 Å². The van der Waals surface area contributed by atoms with Crippen molar-refractivity contribution in [2.24, 2.45) is 0 Å². The molecule has 2 heterocycles. The van der Waals surface area contributed by atoms with Gasteiger partial charge in [-0.15, -0.1) is 0 Å². The van der Waals surface area contributed by atoms with E-state index in [2.05, 4.69) is 10.3 Å². The van der Waals surface area contributed by atoms with Crippen LogP contribution < -0.4 is 5.32 Å². The molecule has 2 aromatic rings. The fourth-order valence-electron chi connectivity index (χ4n) is 3.04. The standard InChI is InChI=1S/C15H16N2O4/c1-20-14(19)15(21-2)11(8-17-13(15)18)10-7-16-12-6-4-3-5-9(10)12/h3-7,11,16H,8H2,1-2H3,(H,17,18). The highest BCUT2D eigenvalue weighted by Crippen LogP contribution is 2.39. The number of carbonyl (C=O) groups is 2. The lowest BCUT2D eigenvalue weighted by Gasteiger charge is -2.27. The number of rotatable bonds is 3. The maximum absolute atomic E-state index is 12.2. The van der Waals surface area contributed by atoms with E-state index in [0.717, 1.165) is 16.5 Å². The normalized spacial score (nSPS) is 25.0. The third-order valence-corrected chi connectivity index (χ3v) is 4.10. The van der Waals surface area contributed by atoms with Crippen LogP contribution in [-0.4, -0.2) is 43.2 Å². The molecular formula is C15H16N2O4. The summed E-state index contributed by atoms with van der Waals surface area (Å²) in [5.74, 6) is -1.60. The number of carbonyl (C=O) groups excluding carboxylic acids is 2. The van der Waals surface area contributed by atoms with E-state index in [1.807, 2.05) is 30.5 Å². The molecule has 1 aliphatic heterocycles. The Morgan fingerprint density at radius 1 is 1.33 bits per heavy atom. The number of esters is 1. The lowest BCUT2D eigenvalue weighted by Crippen LogP contribution is -2.51. The van der Waals surface area contributed by atoms with Crippen molar-refractivity contribution < 1.29 is 19.1 Å². The number of nitrogens with one attached hydrogen (secondary N) is 2. The number of hydrogen-bond donors (Lipinski definition) is 2. The number of hydrogen-bond acceptors (Lipinski definition) is 4. The number of aromatic nitrogens is 1. The highest BCUT2D eigenvalue weighted by molar-refractivity contribution is 6.09. The summed E-state index contributed by atoms with van der Waals surface area (Å²) in [4.78, 5) is 27.6. The predicted molar refractivity (Wildman–Crippen MR) is 75.8 cm³/mol. The van der Waals surface area contributed by atoms with Gasteiger partial charge in [0.2, 0.25) is 0 Å². The Morgan fingerprint density at radius 3 is 2.81 bits per heavy atom. The Bertz CT molecular complexity index is 709. The van der Waals surface area contributed by atoms with Crippen molar-refractivity contribution in [3.63, 3.8) is 0 Å². The number of benzene rings is 1. The SMILES string of the molecule is COC(=O)C1(OC)C(=O)NCC1c1c[nH]c2ccccc12. The molecule has 1 aromatic carbocycles. The first-order chi connectivity index (χ1) is 10.1. The first kappa shape index (κ1) is 13.6. The van der Waals surface area contributed by atoms with Crippen LogP contribution in [0.2, 0.25) is 0 Å². The number of aromatic amines is 1. The van der Waals surface area contributed by atoms with Crippen molar-refractivity contribution in [2.45, 2.75) is 11.5 Å². The van der Waals surface area contributed by atoms with Crippen LogP contribution in [0.1, 0.15) is 11.5 Å². The molecule has 2 atom stereocenters.